The largest absolute Gasteiger partial charge is 0.481 e. The van der Waals surface area contributed by atoms with Gasteiger partial charge in [0.15, 0.2) is 0 Å². The van der Waals surface area contributed by atoms with Crippen molar-refractivity contribution in [3.8, 4) is 23.0 Å². The first kappa shape index (κ1) is 36.1. The third-order valence-electron chi connectivity index (χ3n) is 7.77. The number of hydrogen-bond donors (Lipinski definition) is 6. The molecule has 1 aliphatic rings. The second-order valence-corrected chi connectivity index (χ2v) is 12.3. The number of aliphatic hydroxyl groups excluding tert-OH is 5. The summed E-state index contributed by atoms with van der Waals surface area (Å²) < 4.78 is 23.1. The van der Waals surface area contributed by atoms with Crippen LogP contribution in [0, 0.1) is 0 Å². The topological polar surface area (TPSA) is 245 Å². The van der Waals surface area contributed by atoms with Crippen molar-refractivity contribution in [1.82, 2.24) is 25.0 Å². The molecule has 17 nitrogen and oxygen atoms in total. The maximum absolute atomic E-state index is 11.7. The highest BCUT2D eigenvalue weighted by Crippen LogP contribution is 2.43. The number of aliphatic imine (C=N–C) groups is 1. The molecule has 0 aromatic carbocycles. The number of ether oxygens (including phenoxy) is 4. The molecule has 18 heteroatoms. The SMILES string of the molecule is COc1ccc(C(C=NC2C(O)C(SC(C)(OC)C(O)C(C(C)O)n3cc(-c4ccc(OC)nc4)nn3)OC(CO)[C@@H]2O)=NN)cn1. The van der Waals surface area contributed by atoms with Gasteiger partial charge in [0.2, 0.25) is 11.8 Å². The second-order valence-electron chi connectivity index (χ2n) is 10.8. The van der Waals surface area contributed by atoms with E-state index in [0.29, 0.717) is 28.6 Å². The van der Waals surface area contributed by atoms with Gasteiger partial charge in [0.1, 0.15) is 58.3 Å². The van der Waals surface area contributed by atoms with Gasteiger partial charge >= 0.3 is 0 Å². The Morgan fingerprint density at radius 1 is 1.11 bits per heavy atom. The van der Waals surface area contributed by atoms with Gasteiger partial charge in [-0.2, -0.15) is 5.10 Å². The zero-order valence-electron chi connectivity index (χ0n) is 26.4. The highest BCUT2D eigenvalue weighted by Gasteiger charge is 2.50. The molecular formula is C29H40N8O9S. The predicted molar refractivity (Wildman–Crippen MR) is 171 cm³/mol. The number of aliphatic hydroxyl groups is 5. The minimum absolute atomic E-state index is 0.199. The summed E-state index contributed by atoms with van der Waals surface area (Å²) in [5.74, 6) is 6.38. The van der Waals surface area contributed by atoms with Gasteiger partial charge in [-0.1, -0.05) is 17.0 Å². The van der Waals surface area contributed by atoms with Gasteiger partial charge in [-0.25, -0.2) is 14.6 Å². The maximum atomic E-state index is 11.7. The van der Waals surface area contributed by atoms with Gasteiger partial charge in [-0.3, -0.25) is 4.99 Å². The number of thioether (sulfide) groups is 1. The summed E-state index contributed by atoms with van der Waals surface area (Å²) in [6.07, 6.45) is -0.789. The van der Waals surface area contributed by atoms with E-state index in [1.165, 1.54) is 45.3 Å². The van der Waals surface area contributed by atoms with Gasteiger partial charge < -0.3 is 50.3 Å². The van der Waals surface area contributed by atoms with Crippen molar-refractivity contribution in [3.63, 3.8) is 0 Å². The van der Waals surface area contributed by atoms with E-state index in [-0.39, 0.29) is 5.71 Å². The highest BCUT2D eigenvalue weighted by atomic mass is 32.2. The molecule has 3 aromatic rings. The molecule has 4 rings (SSSR count). The lowest BCUT2D eigenvalue weighted by atomic mass is 9.98. The van der Waals surface area contributed by atoms with E-state index in [1.54, 1.807) is 43.6 Å². The quantitative estimate of drug-likeness (QED) is 0.0539. The first-order valence-electron chi connectivity index (χ1n) is 14.4. The number of nitrogens with zero attached hydrogens (tertiary/aromatic N) is 7. The van der Waals surface area contributed by atoms with Crippen molar-refractivity contribution in [1.29, 1.82) is 0 Å². The summed E-state index contributed by atoms with van der Waals surface area (Å²) in [6.45, 7) is 2.43. The molecule has 1 saturated heterocycles. The Labute approximate surface area is 275 Å². The first-order chi connectivity index (χ1) is 22.5. The number of hydrogen-bond acceptors (Lipinski definition) is 17. The zero-order valence-corrected chi connectivity index (χ0v) is 27.2. The third-order valence-corrected chi connectivity index (χ3v) is 9.26. The Bertz CT molecular complexity index is 1490. The fraction of sp³-hybridized carbons (Fsp3) is 0.517. The first-order valence-corrected chi connectivity index (χ1v) is 15.3. The van der Waals surface area contributed by atoms with Crippen LogP contribution >= 0.6 is 11.8 Å². The number of aromatic nitrogens is 5. The van der Waals surface area contributed by atoms with Gasteiger partial charge in [-0.15, -0.1) is 5.10 Å². The van der Waals surface area contributed by atoms with Crippen molar-refractivity contribution >= 4 is 23.7 Å². The Morgan fingerprint density at radius 2 is 1.79 bits per heavy atom. The molecule has 1 fully saturated rings. The van der Waals surface area contributed by atoms with Crippen LogP contribution in [0.25, 0.3) is 11.3 Å². The lowest BCUT2D eigenvalue weighted by Gasteiger charge is -2.45. The second kappa shape index (κ2) is 15.9. The fourth-order valence-electron chi connectivity index (χ4n) is 4.95. The van der Waals surface area contributed by atoms with Gasteiger partial charge in [-0.05, 0) is 26.0 Å². The molecule has 0 aliphatic carbocycles. The summed E-state index contributed by atoms with van der Waals surface area (Å²) in [5, 5.41) is 66.8. The van der Waals surface area contributed by atoms with Crippen molar-refractivity contribution in [2.45, 2.75) is 66.8 Å². The van der Waals surface area contributed by atoms with E-state index in [1.807, 2.05) is 0 Å². The molecule has 7 N–H and O–H groups in total. The maximum Gasteiger partial charge on any atom is 0.212 e. The number of pyridine rings is 2. The molecule has 256 valence electrons. The zero-order chi connectivity index (χ0) is 34.3. The van der Waals surface area contributed by atoms with E-state index in [2.05, 4.69) is 30.4 Å². The lowest BCUT2D eigenvalue weighted by molar-refractivity contribution is -0.161. The van der Waals surface area contributed by atoms with Crippen molar-refractivity contribution in [3.05, 3.63) is 48.4 Å². The summed E-state index contributed by atoms with van der Waals surface area (Å²) in [7, 11) is 4.33. The van der Waals surface area contributed by atoms with Crippen molar-refractivity contribution in [2.75, 3.05) is 27.9 Å². The number of nitrogens with two attached hydrogens (primary N) is 1. The average Bonchev–Trinajstić information content (AvgIpc) is 3.57. The lowest BCUT2D eigenvalue weighted by Crippen LogP contribution is -2.59. The third kappa shape index (κ3) is 8.04. The standard InChI is InChI=1S/C29H40N8O9S/c1-15(39)24(37-13-19(35-36-37)17-7-9-22(44-4)32-11-17)27(42)29(2,45-5)47-28-26(41)23(25(40)20(14-38)46-28)33-12-18(34-30)16-6-8-21(43-3)31-10-16/h6-13,15,20,23-28,38-42H,14,30H2,1-5H3/t15?,20?,23?,24?,25-,26?,27?,28?,29?/m0/s1. The molecule has 4 heterocycles. The summed E-state index contributed by atoms with van der Waals surface area (Å²) in [6, 6.07) is 4.39. The van der Waals surface area contributed by atoms with E-state index >= 15 is 0 Å². The van der Waals surface area contributed by atoms with Crippen LogP contribution in [-0.2, 0) is 9.47 Å². The van der Waals surface area contributed by atoms with E-state index in [9.17, 15) is 25.5 Å². The molecule has 8 unspecified atom stereocenters. The van der Waals surface area contributed by atoms with Crippen LogP contribution < -0.4 is 15.3 Å². The van der Waals surface area contributed by atoms with Crippen molar-refractivity contribution < 1.29 is 44.5 Å². The molecule has 1 aliphatic heterocycles. The van der Waals surface area contributed by atoms with Crippen LogP contribution in [0.1, 0.15) is 25.5 Å². The summed E-state index contributed by atoms with van der Waals surface area (Å²) >= 11 is 0.881. The van der Waals surface area contributed by atoms with Gasteiger partial charge in [0.05, 0.1) is 33.1 Å². The monoisotopic (exact) mass is 676 g/mol. The van der Waals surface area contributed by atoms with Crippen LogP contribution in [0.4, 0.5) is 0 Å². The van der Waals surface area contributed by atoms with E-state index < -0.39 is 59.6 Å². The average molecular weight is 677 g/mol. The molecule has 0 spiro atoms. The summed E-state index contributed by atoms with van der Waals surface area (Å²) in [4.78, 5) is 11.1. The Hall–Kier alpha value is -3.75. The van der Waals surface area contributed by atoms with Crippen LogP contribution in [0.15, 0.2) is 52.9 Å². The minimum Gasteiger partial charge on any atom is -0.481 e. The molecule has 0 amide bonds. The molecule has 0 radical (unpaired) electrons. The van der Waals surface area contributed by atoms with Crippen LogP contribution in [0.2, 0.25) is 0 Å². The van der Waals surface area contributed by atoms with E-state index in [0.717, 1.165) is 11.8 Å². The smallest absolute Gasteiger partial charge is 0.212 e. The van der Waals surface area contributed by atoms with E-state index in [4.69, 9.17) is 24.8 Å². The normalized spacial score (nSPS) is 25.2. The Balaban J connectivity index is 1.57. The Kier molecular flexibility index (Phi) is 12.2. The minimum atomic E-state index is -1.55. The number of methoxy groups -OCH3 is 3. The number of rotatable bonds is 14. The number of hydrazone groups is 1. The Morgan fingerprint density at radius 3 is 2.32 bits per heavy atom. The van der Waals surface area contributed by atoms with Crippen LogP contribution in [0.5, 0.6) is 11.8 Å². The highest BCUT2D eigenvalue weighted by molar-refractivity contribution is 8.01. The predicted octanol–water partition coefficient (Wildman–Crippen LogP) is -0.628. The van der Waals surface area contributed by atoms with Gasteiger partial charge in [0, 0.05) is 49.0 Å². The molecule has 0 saturated carbocycles. The molecule has 0 bridgehead atoms. The van der Waals surface area contributed by atoms with Crippen LogP contribution in [0.3, 0.4) is 0 Å². The van der Waals surface area contributed by atoms with Gasteiger partial charge in [0.25, 0.3) is 0 Å². The fourth-order valence-corrected chi connectivity index (χ4v) is 6.28. The van der Waals surface area contributed by atoms with Crippen molar-refractivity contribution in [2.24, 2.45) is 15.9 Å². The molecule has 3 aromatic heterocycles. The molecular weight excluding hydrogens is 636 g/mol. The van der Waals surface area contributed by atoms with Crippen LogP contribution in [-0.4, -0.2) is 137 Å². The molecule has 47 heavy (non-hydrogen) atoms. The molecule has 9 atom stereocenters. The summed E-state index contributed by atoms with van der Waals surface area (Å²) in [5.41, 5.74) is 0.582.